The standard InChI is InChI=1S/C20H18BrNO5S/c1-3-12(2)26-18(23)11-22-19(24)17(28-20(22)25)10-15-8-9-16(27-15)13-4-6-14(21)7-5-13/h4-10,12H,3,11H2,1-2H3/b17-10+/t12-/m1/s1. The van der Waals surface area contributed by atoms with E-state index < -0.39 is 23.7 Å². The van der Waals surface area contributed by atoms with E-state index in [1.54, 1.807) is 19.1 Å². The lowest BCUT2D eigenvalue weighted by Crippen LogP contribution is -2.35. The minimum absolute atomic E-state index is 0.207. The molecule has 0 bridgehead atoms. The smallest absolute Gasteiger partial charge is 0.326 e. The molecule has 1 aliphatic rings. The Bertz CT molecular complexity index is 934. The van der Waals surface area contributed by atoms with Gasteiger partial charge in [0.05, 0.1) is 11.0 Å². The van der Waals surface area contributed by atoms with Crippen molar-refractivity contribution in [1.29, 1.82) is 0 Å². The van der Waals surface area contributed by atoms with Gasteiger partial charge in [-0.05, 0) is 49.4 Å². The van der Waals surface area contributed by atoms with Crippen LogP contribution in [0.4, 0.5) is 4.79 Å². The van der Waals surface area contributed by atoms with Crippen LogP contribution in [0, 0.1) is 0 Å². The Balaban J connectivity index is 1.71. The number of esters is 1. The van der Waals surface area contributed by atoms with E-state index in [0.29, 0.717) is 17.9 Å². The molecule has 6 nitrogen and oxygen atoms in total. The molecule has 1 fully saturated rings. The first kappa shape index (κ1) is 20.4. The van der Waals surface area contributed by atoms with E-state index in [1.807, 2.05) is 31.2 Å². The van der Waals surface area contributed by atoms with Gasteiger partial charge in [0, 0.05) is 16.1 Å². The van der Waals surface area contributed by atoms with Crippen LogP contribution in [0.15, 0.2) is 50.2 Å². The number of rotatable bonds is 6. The lowest BCUT2D eigenvalue weighted by Gasteiger charge is -2.14. The SMILES string of the molecule is CC[C@@H](C)OC(=O)CN1C(=O)S/C(=C/c2ccc(-c3ccc(Br)cc3)o2)C1=O. The summed E-state index contributed by atoms with van der Waals surface area (Å²) in [5, 5.41) is -0.503. The summed E-state index contributed by atoms with van der Waals surface area (Å²) < 4.78 is 11.9. The van der Waals surface area contributed by atoms with Crippen LogP contribution < -0.4 is 0 Å². The lowest BCUT2D eigenvalue weighted by atomic mass is 10.2. The summed E-state index contributed by atoms with van der Waals surface area (Å²) in [4.78, 5) is 37.6. The second-order valence-electron chi connectivity index (χ2n) is 6.19. The fraction of sp³-hybridized carbons (Fsp3) is 0.250. The quantitative estimate of drug-likeness (QED) is 0.438. The molecule has 8 heteroatoms. The van der Waals surface area contributed by atoms with Crippen molar-refractivity contribution in [2.75, 3.05) is 6.54 Å². The zero-order valence-electron chi connectivity index (χ0n) is 15.3. The van der Waals surface area contributed by atoms with E-state index in [9.17, 15) is 14.4 Å². The average molecular weight is 464 g/mol. The van der Waals surface area contributed by atoms with Gasteiger partial charge in [-0.25, -0.2) is 0 Å². The Labute approximate surface area is 175 Å². The first-order valence-electron chi connectivity index (χ1n) is 8.68. The number of hydrogen-bond acceptors (Lipinski definition) is 6. The topological polar surface area (TPSA) is 76.8 Å². The highest BCUT2D eigenvalue weighted by molar-refractivity contribution is 9.10. The fourth-order valence-electron chi connectivity index (χ4n) is 2.44. The molecule has 0 saturated carbocycles. The molecule has 2 amide bonds. The predicted octanol–water partition coefficient (Wildman–Crippen LogP) is 5.09. The summed E-state index contributed by atoms with van der Waals surface area (Å²) in [5.74, 6) is -0.0353. The van der Waals surface area contributed by atoms with Crippen LogP contribution in [0.3, 0.4) is 0 Å². The highest BCUT2D eigenvalue weighted by Crippen LogP contribution is 2.33. The van der Waals surface area contributed by atoms with Gasteiger partial charge < -0.3 is 9.15 Å². The number of benzene rings is 1. The summed E-state index contributed by atoms with van der Waals surface area (Å²) in [5.41, 5.74) is 0.892. The number of nitrogens with zero attached hydrogens (tertiary/aromatic N) is 1. The number of amides is 2. The Morgan fingerprint density at radius 2 is 1.96 bits per heavy atom. The monoisotopic (exact) mass is 463 g/mol. The van der Waals surface area contributed by atoms with E-state index >= 15 is 0 Å². The first-order valence-corrected chi connectivity index (χ1v) is 10.3. The number of imide groups is 1. The van der Waals surface area contributed by atoms with Crippen molar-refractivity contribution in [2.45, 2.75) is 26.4 Å². The van der Waals surface area contributed by atoms with Crippen molar-refractivity contribution in [3.63, 3.8) is 0 Å². The maximum atomic E-state index is 12.5. The van der Waals surface area contributed by atoms with Crippen LogP contribution in [0.2, 0.25) is 0 Å². The van der Waals surface area contributed by atoms with Crippen molar-refractivity contribution in [1.82, 2.24) is 4.90 Å². The van der Waals surface area contributed by atoms with Gasteiger partial charge in [0.15, 0.2) is 0 Å². The number of thioether (sulfide) groups is 1. The molecular formula is C20H18BrNO5S. The number of carbonyl (C=O) groups is 3. The van der Waals surface area contributed by atoms with Crippen molar-refractivity contribution in [3.05, 3.63) is 51.5 Å². The largest absolute Gasteiger partial charge is 0.461 e. The molecule has 1 atom stereocenters. The highest BCUT2D eigenvalue weighted by Gasteiger charge is 2.37. The van der Waals surface area contributed by atoms with Crippen molar-refractivity contribution in [2.24, 2.45) is 0 Å². The second kappa shape index (κ2) is 8.79. The van der Waals surface area contributed by atoms with Gasteiger partial charge in [0.1, 0.15) is 18.1 Å². The van der Waals surface area contributed by atoms with E-state index in [2.05, 4.69) is 15.9 Å². The highest BCUT2D eigenvalue weighted by atomic mass is 79.9. The molecule has 1 aromatic heterocycles. The third-order valence-electron chi connectivity index (χ3n) is 4.10. The Hall–Kier alpha value is -2.32. The van der Waals surface area contributed by atoms with Crippen LogP contribution >= 0.6 is 27.7 Å². The zero-order chi connectivity index (χ0) is 20.3. The van der Waals surface area contributed by atoms with Crippen LogP contribution in [-0.2, 0) is 14.3 Å². The second-order valence-corrected chi connectivity index (χ2v) is 8.09. The molecule has 0 spiro atoms. The van der Waals surface area contributed by atoms with Crippen molar-refractivity contribution >= 4 is 50.9 Å². The molecule has 0 aliphatic carbocycles. The minimum Gasteiger partial charge on any atom is -0.461 e. The summed E-state index contributed by atoms with van der Waals surface area (Å²) in [6.07, 6.45) is 1.91. The summed E-state index contributed by atoms with van der Waals surface area (Å²) >= 11 is 4.16. The van der Waals surface area contributed by atoms with Gasteiger partial charge in [-0.1, -0.05) is 35.0 Å². The molecule has 1 aromatic carbocycles. The zero-order valence-corrected chi connectivity index (χ0v) is 17.7. The molecular weight excluding hydrogens is 446 g/mol. The average Bonchev–Trinajstić information content (AvgIpc) is 3.23. The Kier molecular flexibility index (Phi) is 6.41. The summed E-state index contributed by atoms with van der Waals surface area (Å²) in [6.45, 7) is 3.24. The normalized spacial score (nSPS) is 16.7. The van der Waals surface area contributed by atoms with Gasteiger partial charge in [-0.3, -0.25) is 19.3 Å². The van der Waals surface area contributed by atoms with Crippen LogP contribution in [0.5, 0.6) is 0 Å². The summed E-state index contributed by atoms with van der Waals surface area (Å²) in [6, 6.07) is 11.1. The van der Waals surface area contributed by atoms with E-state index in [4.69, 9.17) is 9.15 Å². The maximum Gasteiger partial charge on any atom is 0.326 e. The van der Waals surface area contributed by atoms with Crippen LogP contribution in [-0.4, -0.2) is 34.7 Å². The Morgan fingerprint density at radius 3 is 2.64 bits per heavy atom. The van der Waals surface area contributed by atoms with E-state index in [0.717, 1.165) is 26.7 Å². The first-order chi connectivity index (χ1) is 13.4. The molecule has 3 rings (SSSR count). The van der Waals surface area contributed by atoms with E-state index in [-0.39, 0.29) is 11.0 Å². The van der Waals surface area contributed by atoms with E-state index in [1.165, 1.54) is 6.08 Å². The Morgan fingerprint density at radius 1 is 1.25 bits per heavy atom. The van der Waals surface area contributed by atoms with Gasteiger partial charge in [-0.15, -0.1) is 0 Å². The molecule has 2 aromatic rings. The minimum atomic E-state index is -0.603. The van der Waals surface area contributed by atoms with Gasteiger partial charge >= 0.3 is 5.97 Å². The third-order valence-corrected chi connectivity index (χ3v) is 5.53. The predicted molar refractivity (Wildman–Crippen MR) is 110 cm³/mol. The van der Waals surface area contributed by atoms with Crippen LogP contribution in [0.25, 0.3) is 17.4 Å². The number of ether oxygens (including phenoxy) is 1. The number of furan rings is 1. The molecule has 28 heavy (non-hydrogen) atoms. The molecule has 146 valence electrons. The lowest BCUT2D eigenvalue weighted by molar-refractivity contribution is -0.150. The molecule has 0 radical (unpaired) electrons. The molecule has 1 saturated heterocycles. The molecule has 2 heterocycles. The van der Waals surface area contributed by atoms with Crippen molar-refractivity contribution in [3.8, 4) is 11.3 Å². The van der Waals surface area contributed by atoms with Gasteiger partial charge in [0.25, 0.3) is 11.1 Å². The van der Waals surface area contributed by atoms with Gasteiger partial charge in [-0.2, -0.15) is 0 Å². The van der Waals surface area contributed by atoms with Gasteiger partial charge in [0.2, 0.25) is 0 Å². The fourth-order valence-corrected chi connectivity index (χ4v) is 3.52. The molecule has 1 aliphatic heterocycles. The number of carbonyl (C=O) groups excluding carboxylic acids is 3. The van der Waals surface area contributed by atoms with Crippen LogP contribution in [0.1, 0.15) is 26.0 Å². The third kappa shape index (κ3) is 4.74. The summed E-state index contributed by atoms with van der Waals surface area (Å²) in [7, 11) is 0. The molecule has 0 unspecified atom stereocenters. The number of halogens is 1. The number of hydrogen-bond donors (Lipinski definition) is 0. The maximum absolute atomic E-state index is 12.5. The molecule has 0 N–H and O–H groups in total. The van der Waals surface area contributed by atoms with Crippen molar-refractivity contribution < 1.29 is 23.5 Å².